The van der Waals surface area contributed by atoms with E-state index in [1.165, 1.54) is 61.8 Å². The van der Waals surface area contributed by atoms with E-state index in [2.05, 4.69) is 52.8 Å². The first-order chi connectivity index (χ1) is 61.2. The number of aromatic hydroxyl groups is 1. The Hall–Kier alpha value is -11.8. The number of nitrogens with two attached hydrogens (primary N) is 3. The number of carbonyl (C=O) groups excluding carboxylic acids is 16. The Balaban J connectivity index is 1.18. The Kier molecular flexibility index (Phi) is 38.2. The summed E-state index contributed by atoms with van der Waals surface area (Å²) in [5, 5.41) is 78.2. The summed E-state index contributed by atoms with van der Waals surface area (Å²) in [6.45, 7) is 9.34. The number of benzene rings is 3. The number of nitrogens with zero attached hydrogens (tertiary/aromatic N) is 6. The molecule has 0 saturated carbocycles. The monoisotopic (exact) mass is 1820 g/mol. The third kappa shape index (κ3) is 27.9. The molecule has 129 heavy (non-hydrogen) atoms. The molecule has 2 aromatic heterocycles. The van der Waals surface area contributed by atoms with E-state index >= 15 is 33.6 Å². The number of H-pyrrole nitrogens is 1. The van der Waals surface area contributed by atoms with Crippen molar-refractivity contribution >= 4 is 128 Å². The molecule has 3 aliphatic heterocycles. The van der Waals surface area contributed by atoms with Crippen LogP contribution in [0.2, 0.25) is 0 Å². The van der Waals surface area contributed by atoms with E-state index in [0.717, 1.165) is 31.4 Å². The molecular formula is C88H127N19O21S. The van der Waals surface area contributed by atoms with Crippen LogP contribution in [0.15, 0.2) is 85.2 Å². The number of aliphatic hydroxyl groups is 4. The largest absolute Gasteiger partial charge is 0.508 e. The van der Waals surface area contributed by atoms with Gasteiger partial charge in [0.15, 0.2) is 6.29 Å². The van der Waals surface area contributed by atoms with Gasteiger partial charge in [0.2, 0.25) is 94.5 Å². The van der Waals surface area contributed by atoms with Gasteiger partial charge in [-0.1, -0.05) is 116 Å². The zero-order valence-electron chi connectivity index (χ0n) is 74.6. The number of hydrogen-bond acceptors (Lipinski definition) is 23. The molecule has 0 radical (unpaired) electrons. The summed E-state index contributed by atoms with van der Waals surface area (Å²) in [4.78, 5) is 243. The molecule has 706 valence electrons. The molecule has 0 bridgehead atoms. The smallest absolute Gasteiger partial charge is 0.246 e. The Morgan fingerprint density at radius 1 is 0.550 bits per heavy atom. The van der Waals surface area contributed by atoms with E-state index in [-0.39, 0.29) is 94.2 Å². The van der Waals surface area contributed by atoms with E-state index < -0.39 is 230 Å². The Morgan fingerprint density at radius 3 is 1.72 bits per heavy atom. The fourth-order valence-electron chi connectivity index (χ4n) is 16.3. The first-order valence-electron chi connectivity index (χ1n) is 43.7. The molecule has 40 nitrogen and oxygen atoms in total. The molecule has 3 aromatic carbocycles. The van der Waals surface area contributed by atoms with Crippen molar-refractivity contribution < 1.29 is 102 Å². The van der Waals surface area contributed by atoms with Gasteiger partial charge in [-0.3, -0.25) is 76.7 Å². The predicted octanol–water partition coefficient (Wildman–Crippen LogP) is -2.49. The fraction of sp³-hybridized carbons (Fsp3) is 0.568. The number of unbranched alkanes of at least 4 members (excludes halogenated alkanes) is 2. The maximum absolute atomic E-state index is 15.8. The van der Waals surface area contributed by atoms with Crippen molar-refractivity contribution in [3.8, 4) is 5.75 Å². The summed E-state index contributed by atoms with van der Waals surface area (Å²) in [6, 6.07) is -2.19. The van der Waals surface area contributed by atoms with E-state index in [4.69, 9.17) is 17.2 Å². The SMILES string of the molecule is CCCC[C@H]1C(=O)N(C)[C@@H](CCCC)C(=O)N[C@@H](CC(C)C)C(=O)N[C@H](C(N)=O)CSCC(=O)N[C@@H](Cc2ccc(O)cc2)C(=O)N(C)[C@@H](C)C(=O)N[C@@H](CC(N)=O)C(=O)N2CCC[C@H]2C(=O)N[C@@H](CN)C(=O)N[C@@H](CC(C)C)C(=O)N2C[C@H](O)C[C@H]2C(=O)N[C@@H](Cc2c[nH]c3ccccc23)C(=O)N[C@@H](CO)C(=O)N[C@@H](Cc2cn(CC(O)O)c3ccccc23)C(=O)N1C. The van der Waals surface area contributed by atoms with Crippen molar-refractivity contribution in [3.05, 3.63) is 102 Å². The minimum Gasteiger partial charge on any atom is -0.508 e. The molecule has 0 unspecified atom stereocenters. The molecule has 5 heterocycles. The number of para-hydroxylation sites is 2. The Morgan fingerprint density at radius 2 is 1.09 bits per heavy atom. The zero-order chi connectivity index (χ0) is 94.9. The van der Waals surface area contributed by atoms with E-state index in [1.807, 2.05) is 13.8 Å². The lowest BCUT2D eigenvalue weighted by atomic mass is 9.99. The van der Waals surface area contributed by atoms with Crippen LogP contribution >= 0.6 is 11.8 Å². The molecule has 0 aliphatic carbocycles. The number of primary amides is 2. The van der Waals surface area contributed by atoms with Gasteiger partial charge in [0.25, 0.3) is 0 Å². The maximum Gasteiger partial charge on any atom is 0.246 e. The van der Waals surface area contributed by atoms with Crippen LogP contribution in [0.3, 0.4) is 0 Å². The van der Waals surface area contributed by atoms with Crippen LogP contribution in [0, 0.1) is 11.8 Å². The van der Waals surface area contributed by atoms with E-state index in [9.17, 15) is 68.7 Å². The number of thioether (sulfide) groups is 1. The standard InChI is InChI=1S/C88H127N19O21S/c1-11-13-23-68-81(121)94-58(32-47(3)4)77(117)101-66(75(91)115)45-129-46-73(112)93-61(34-50-27-29-53(109)30-28-50)84(124)102(8)49(7)76(116)96-63(38-72(90)111)86(126)106-31-19-26-69(106)82(122)99-64(39-89)79(119)97-60(33-48(5)6)87(127)107-42-54(110)37-71(107)83(123)95-59(35-51-40-92-57-22-17-15-20-55(51)57)78(118)100-65(44-108)80(120)98-62(85(125)104(10)70(24-14-12-2)88(128)103(68)9)36-52-41-105(43-74(113)114)67-25-18-16-21-56(52)67/h15-18,20-22,25,27-30,40-41,47-49,54,58-66,68-71,74,92,108-110,113-114H,11-14,19,23-24,26,31-39,42-46,89H2,1-10H3,(H2,90,111)(H2,91,115)(H,93,112)(H,94,121)(H,95,123)(H,96,116)(H,97,119)(H,98,120)(H,99,122)(H,100,118)(H,101,117)/t49-,54+,58-,59-,60-,61-,62-,63-,64-,65-,66-,68-,69-,70-,71-/m0/s1. The highest BCUT2D eigenvalue weighted by Crippen LogP contribution is 2.29. The molecule has 0 spiro atoms. The second kappa shape index (κ2) is 48.0. The summed E-state index contributed by atoms with van der Waals surface area (Å²) in [5.41, 5.74) is 20.1. The van der Waals surface area contributed by atoms with Crippen molar-refractivity contribution in [3.63, 3.8) is 0 Å². The van der Waals surface area contributed by atoms with E-state index in [0.29, 0.717) is 64.2 Å². The predicted molar refractivity (Wildman–Crippen MR) is 476 cm³/mol. The van der Waals surface area contributed by atoms with Crippen LogP contribution in [-0.2, 0) is 103 Å². The van der Waals surface area contributed by atoms with Gasteiger partial charge in [0, 0.05) is 106 Å². The minimum atomic E-state index is -1.93. The lowest BCUT2D eigenvalue weighted by Gasteiger charge is -2.36. The second-order valence-corrected chi connectivity index (χ2v) is 35.3. The number of aliphatic hydroxyl groups excluding tert-OH is 3. The van der Waals surface area contributed by atoms with Crippen LogP contribution in [-0.4, -0.2) is 310 Å². The highest BCUT2D eigenvalue weighted by atomic mass is 32.2. The summed E-state index contributed by atoms with van der Waals surface area (Å²) in [7, 11) is 3.92. The van der Waals surface area contributed by atoms with Gasteiger partial charge in [0.05, 0.1) is 31.4 Å². The number of amides is 16. The fourth-order valence-corrected chi connectivity index (χ4v) is 17.2. The molecule has 16 amide bonds. The number of aromatic amines is 1. The lowest BCUT2D eigenvalue weighted by Crippen LogP contribution is -2.62. The molecule has 41 heteroatoms. The average molecular weight is 1820 g/mol. The minimum absolute atomic E-state index is 0.00826. The van der Waals surface area contributed by atoms with Gasteiger partial charge in [-0.05, 0) is 98.2 Å². The molecular weight excluding hydrogens is 1690 g/mol. The number of nitrogens with one attached hydrogen (secondary N) is 10. The highest BCUT2D eigenvalue weighted by Gasteiger charge is 2.47. The van der Waals surface area contributed by atoms with Gasteiger partial charge in [-0.2, -0.15) is 0 Å². The third-order valence-electron chi connectivity index (χ3n) is 23.4. The number of likely N-dealkylation sites (N-methyl/N-ethyl adjacent to an activating group) is 3. The first-order valence-corrected chi connectivity index (χ1v) is 44.9. The molecule has 21 N–H and O–H groups in total. The maximum atomic E-state index is 15.8. The number of aromatic nitrogens is 2. The van der Waals surface area contributed by atoms with Crippen molar-refractivity contribution in [1.29, 1.82) is 0 Å². The molecule has 5 aromatic rings. The number of carbonyl (C=O) groups is 16. The summed E-state index contributed by atoms with van der Waals surface area (Å²) in [5.74, 6) is -16.6. The van der Waals surface area contributed by atoms with Crippen molar-refractivity contribution in [2.75, 3.05) is 58.9 Å². The van der Waals surface area contributed by atoms with E-state index in [1.54, 1.807) is 88.6 Å². The summed E-state index contributed by atoms with van der Waals surface area (Å²) < 4.78 is 1.52. The first kappa shape index (κ1) is 103. The zero-order valence-corrected chi connectivity index (χ0v) is 75.4. The van der Waals surface area contributed by atoms with Crippen LogP contribution in [0.5, 0.6) is 5.75 Å². The topological polar surface area (TPSA) is 598 Å². The third-order valence-corrected chi connectivity index (χ3v) is 24.5. The Labute approximate surface area is 752 Å². The van der Waals surface area contributed by atoms with Gasteiger partial charge in [-0.25, -0.2) is 0 Å². The average Bonchev–Trinajstić information content (AvgIpc) is 1.65. The number of hydrogen-bond donors (Lipinski definition) is 18. The Bertz CT molecular complexity index is 4810. The molecule has 8 rings (SSSR count). The highest BCUT2D eigenvalue weighted by molar-refractivity contribution is 8.00. The van der Waals surface area contributed by atoms with Crippen LogP contribution in [0.25, 0.3) is 21.8 Å². The quantitative estimate of drug-likeness (QED) is 0.0301. The molecule has 3 fully saturated rings. The number of rotatable bonds is 23. The van der Waals surface area contributed by atoms with Gasteiger partial charge < -0.3 is 125 Å². The molecule has 3 saturated heterocycles. The second-order valence-electron chi connectivity index (χ2n) is 34.2. The molecule has 15 atom stereocenters. The summed E-state index contributed by atoms with van der Waals surface area (Å²) >= 11 is 0.823. The van der Waals surface area contributed by atoms with Crippen molar-refractivity contribution in [2.24, 2.45) is 29.0 Å². The van der Waals surface area contributed by atoms with Crippen LogP contribution in [0.1, 0.15) is 142 Å². The van der Waals surface area contributed by atoms with Crippen molar-refractivity contribution in [1.82, 2.24) is 81.9 Å². The normalized spacial score (nSPS) is 25.6. The van der Waals surface area contributed by atoms with Gasteiger partial charge in [0.1, 0.15) is 90.3 Å². The number of phenolic OH excluding ortho intramolecular Hbond substituents is 1. The van der Waals surface area contributed by atoms with Crippen molar-refractivity contribution in [2.45, 2.75) is 248 Å². The van der Waals surface area contributed by atoms with Gasteiger partial charge >= 0.3 is 0 Å². The number of fused-ring (bicyclic) bond motifs is 4. The van der Waals surface area contributed by atoms with Gasteiger partial charge in [-0.15, -0.1) is 11.8 Å². The lowest BCUT2D eigenvalue weighted by molar-refractivity contribution is -0.149. The number of phenols is 1. The summed E-state index contributed by atoms with van der Waals surface area (Å²) in [6.07, 6.45) is -0.434. The molecule has 3 aliphatic rings. The van der Waals surface area contributed by atoms with Crippen LogP contribution in [0.4, 0.5) is 0 Å². The van der Waals surface area contributed by atoms with Crippen LogP contribution < -0.4 is 65.1 Å².